The van der Waals surface area contributed by atoms with Gasteiger partial charge >= 0.3 is 0 Å². The van der Waals surface area contributed by atoms with Gasteiger partial charge in [-0.3, -0.25) is 9.67 Å². The normalized spacial score (nSPS) is 17.5. The maximum absolute atomic E-state index is 6.25. The Balaban J connectivity index is 1.68. The van der Waals surface area contributed by atoms with Gasteiger partial charge in [0.2, 0.25) is 0 Å². The zero-order valence-corrected chi connectivity index (χ0v) is 12.0. The summed E-state index contributed by atoms with van der Waals surface area (Å²) >= 11 is 0. The number of pyridine rings is 1. The summed E-state index contributed by atoms with van der Waals surface area (Å²) in [6.07, 6.45) is 9.83. The molecule has 4 heteroatoms. The highest BCUT2D eigenvalue weighted by molar-refractivity contribution is 5.18. The van der Waals surface area contributed by atoms with Crippen molar-refractivity contribution in [3.05, 3.63) is 47.5 Å². The SMILES string of the molecule is Cc1ccnc(C(N)Cc2ccn(C3CCCC3)n2)c1. The molecule has 0 saturated heterocycles. The van der Waals surface area contributed by atoms with Crippen molar-refractivity contribution >= 4 is 0 Å². The van der Waals surface area contributed by atoms with E-state index in [0.717, 1.165) is 17.8 Å². The first-order valence-electron chi connectivity index (χ1n) is 7.44. The van der Waals surface area contributed by atoms with Crippen LogP contribution < -0.4 is 5.73 Å². The van der Waals surface area contributed by atoms with Crippen LogP contribution >= 0.6 is 0 Å². The predicted molar refractivity (Wildman–Crippen MR) is 79.3 cm³/mol. The highest BCUT2D eigenvalue weighted by atomic mass is 15.3. The second kappa shape index (κ2) is 5.75. The second-order valence-electron chi connectivity index (χ2n) is 5.79. The molecular weight excluding hydrogens is 248 g/mol. The molecule has 0 aliphatic heterocycles. The van der Waals surface area contributed by atoms with Crippen molar-refractivity contribution in [2.45, 2.75) is 51.1 Å². The summed E-state index contributed by atoms with van der Waals surface area (Å²) < 4.78 is 2.12. The third kappa shape index (κ3) is 2.90. The Kier molecular flexibility index (Phi) is 3.83. The van der Waals surface area contributed by atoms with Crippen LogP contribution in [0.15, 0.2) is 30.6 Å². The van der Waals surface area contributed by atoms with E-state index >= 15 is 0 Å². The van der Waals surface area contributed by atoms with E-state index in [2.05, 4.69) is 40.0 Å². The van der Waals surface area contributed by atoms with Crippen molar-refractivity contribution in [3.63, 3.8) is 0 Å². The fourth-order valence-corrected chi connectivity index (χ4v) is 2.95. The van der Waals surface area contributed by atoms with Crippen LogP contribution in [0.1, 0.15) is 54.7 Å². The Bertz CT molecular complexity index is 569. The lowest BCUT2D eigenvalue weighted by Gasteiger charge is -2.11. The van der Waals surface area contributed by atoms with Crippen LogP contribution in [0.25, 0.3) is 0 Å². The van der Waals surface area contributed by atoms with Gasteiger partial charge in [-0.2, -0.15) is 5.10 Å². The molecule has 0 aromatic carbocycles. The Hall–Kier alpha value is -1.68. The smallest absolute Gasteiger partial charge is 0.0644 e. The molecule has 1 atom stereocenters. The molecule has 0 spiro atoms. The van der Waals surface area contributed by atoms with E-state index in [-0.39, 0.29) is 6.04 Å². The second-order valence-corrected chi connectivity index (χ2v) is 5.79. The Labute approximate surface area is 120 Å². The van der Waals surface area contributed by atoms with Gasteiger partial charge in [-0.05, 0) is 43.5 Å². The molecule has 1 saturated carbocycles. The van der Waals surface area contributed by atoms with Gasteiger partial charge in [-0.25, -0.2) is 0 Å². The molecule has 1 fully saturated rings. The molecule has 20 heavy (non-hydrogen) atoms. The highest BCUT2D eigenvalue weighted by Crippen LogP contribution is 2.29. The van der Waals surface area contributed by atoms with Crippen LogP contribution in [0, 0.1) is 6.92 Å². The summed E-state index contributed by atoms with van der Waals surface area (Å²) in [5.74, 6) is 0. The largest absolute Gasteiger partial charge is 0.322 e. The number of rotatable bonds is 4. The zero-order chi connectivity index (χ0) is 13.9. The van der Waals surface area contributed by atoms with Crippen LogP contribution in [0.3, 0.4) is 0 Å². The maximum Gasteiger partial charge on any atom is 0.0644 e. The van der Waals surface area contributed by atoms with Crippen LogP contribution in [0.2, 0.25) is 0 Å². The Morgan fingerprint density at radius 2 is 2.15 bits per heavy atom. The van der Waals surface area contributed by atoms with Crippen LogP contribution in [-0.4, -0.2) is 14.8 Å². The Morgan fingerprint density at radius 3 is 2.90 bits per heavy atom. The third-order valence-corrected chi connectivity index (χ3v) is 4.11. The molecule has 4 nitrogen and oxygen atoms in total. The zero-order valence-electron chi connectivity index (χ0n) is 12.0. The first-order chi connectivity index (χ1) is 9.72. The van der Waals surface area contributed by atoms with E-state index in [9.17, 15) is 0 Å². The average molecular weight is 270 g/mol. The molecule has 2 aromatic rings. The number of hydrogen-bond acceptors (Lipinski definition) is 3. The van der Waals surface area contributed by atoms with E-state index in [4.69, 9.17) is 5.73 Å². The molecule has 2 aromatic heterocycles. The first-order valence-corrected chi connectivity index (χ1v) is 7.44. The lowest BCUT2D eigenvalue weighted by molar-refractivity contribution is 0.461. The molecule has 0 bridgehead atoms. The van der Waals surface area contributed by atoms with Crippen molar-refractivity contribution in [1.29, 1.82) is 0 Å². The van der Waals surface area contributed by atoms with Crippen molar-refractivity contribution in [1.82, 2.24) is 14.8 Å². The van der Waals surface area contributed by atoms with Crippen LogP contribution in [0.5, 0.6) is 0 Å². The van der Waals surface area contributed by atoms with Crippen molar-refractivity contribution in [2.24, 2.45) is 5.73 Å². The van der Waals surface area contributed by atoms with Crippen molar-refractivity contribution in [3.8, 4) is 0 Å². The molecule has 3 rings (SSSR count). The molecule has 0 radical (unpaired) electrons. The molecule has 1 aliphatic rings. The van der Waals surface area contributed by atoms with E-state index in [1.807, 2.05) is 12.3 Å². The number of hydrogen-bond donors (Lipinski definition) is 1. The van der Waals surface area contributed by atoms with Gasteiger partial charge in [-0.15, -0.1) is 0 Å². The monoisotopic (exact) mass is 270 g/mol. The summed E-state index contributed by atoms with van der Waals surface area (Å²) in [5.41, 5.74) is 9.45. The number of aromatic nitrogens is 3. The van der Waals surface area contributed by atoms with Gasteiger partial charge < -0.3 is 5.73 Å². The van der Waals surface area contributed by atoms with Gasteiger partial charge in [0.25, 0.3) is 0 Å². The van der Waals surface area contributed by atoms with Crippen LogP contribution in [0.4, 0.5) is 0 Å². The summed E-state index contributed by atoms with van der Waals surface area (Å²) in [6.45, 7) is 2.06. The minimum absolute atomic E-state index is 0.0816. The van der Waals surface area contributed by atoms with E-state index in [0.29, 0.717) is 6.04 Å². The first kappa shape index (κ1) is 13.3. The predicted octanol–water partition coefficient (Wildman–Crippen LogP) is 2.94. The standard InChI is InChI=1S/C16H22N4/c1-12-6-8-18-16(10-12)15(17)11-13-7-9-20(19-13)14-4-2-3-5-14/h6-10,14-15H,2-5,11,17H2,1H3. The number of nitrogens with zero attached hydrogens (tertiary/aromatic N) is 3. The summed E-state index contributed by atoms with van der Waals surface area (Å²) in [5, 5.41) is 4.69. The molecule has 1 unspecified atom stereocenters. The summed E-state index contributed by atoms with van der Waals surface area (Å²) in [7, 11) is 0. The van der Waals surface area contributed by atoms with Gasteiger partial charge in [0.05, 0.1) is 23.5 Å². The summed E-state index contributed by atoms with van der Waals surface area (Å²) in [4.78, 5) is 4.36. The van der Waals surface area contributed by atoms with E-state index in [1.165, 1.54) is 31.2 Å². The molecule has 2 heterocycles. The van der Waals surface area contributed by atoms with Gasteiger partial charge in [0.1, 0.15) is 0 Å². The minimum atomic E-state index is -0.0816. The molecule has 106 valence electrons. The third-order valence-electron chi connectivity index (χ3n) is 4.11. The van der Waals surface area contributed by atoms with Crippen molar-refractivity contribution in [2.75, 3.05) is 0 Å². The molecule has 0 amide bonds. The quantitative estimate of drug-likeness (QED) is 0.929. The average Bonchev–Trinajstić information content (AvgIpc) is 3.08. The minimum Gasteiger partial charge on any atom is -0.322 e. The Morgan fingerprint density at radius 1 is 1.35 bits per heavy atom. The lowest BCUT2D eigenvalue weighted by Crippen LogP contribution is -2.16. The highest BCUT2D eigenvalue weighted by Gasteiger charge is 2.18. The number of aryl methyl sites for hydroxylation is 1. The van der Waals surface area contributed by atoms with Gasteiger partial charge in [0.15, 0.2) is 0 Å². The van der Waals surface area contributed by atoms with Gasteiger partial charge in [0, 0.05) is 18.8 Å². The van der Waals surface area contributed by atoms with Crippen LogP contribution in [-0.2, 0) is 6.42 Å². The van der Waals surface area contributed by atoms with Gasteiger partial charge in [-0.1, -0.05) is 12.8 Å². The maximum atomic E-state index is 6.25. The molecular formula is C16H22N4. The fraction of sp³-hybridized carbons (Fsp3) is 0.500. The molecule has 1 aliphatic carbocycles. The fourth-order valence-electron chi connectivity index (χ4n) is 2.95. The lowest BCUT2D eigenvalue weighted by atomic mass is 10.1. The van der Waals surface area contributed by atoms with E-state index in [1.54, 1.807) is 0 Å². The van der Waals surface area contributed by atoms with Crippen molar-refractivity contribution < 1.29 is 0 Å². The molecule has 2 N–H and O–H groups in total. The summed E-state index contributed by atoms with van der Waals surface area (Å²) in [6, 6.07) is 6.65. The topological polar surface area (TPSA) is 56.7 Å². The van der Waals surface area contributed by atoms with E-state index < -0.39 is 0 Å². The number of nitrogens with two attached hydrogens (primary N) is 1.